The molecule has 0 aliphatic carbocycles. The van der Waals surface area contributed by atoms with Crippen LogP contribution in [0.25, 0.3) is 0 Å². The zero-order valence-electron chi connectivity index (χ0n) is 11.4. The molecular weight excluding hydrogens is 265 g/mol. The number of alkyl halides is 3. The summed E-state index contributed by atoms with van der Waals surface area (Å²) in [4.78, 5) is 2.11. The standard InChI is InChI=1S/C15H21F3N2/c16-15(17,18)13-6-8-20(9-7-13)14(11-19)10-12-4-2-1-3-5-12/h1-5,13-14H,6-11,19H2/t14-/m0/s1. The number of likely N-dealkylation sites (tertiary alicyclic amines) is 1. The number of piperidine rings is 1. The maximum atomic E-state index is 12.7. The largest absolute Gasteiger partial charge is 0.391 e. The summed E-state index contributed by atoms with van der Waals surface area (Å²) >= 11 is 0. The molecule has 1 heterocycles. The lowest BCUT2D eigenvalue weighted by Crippen LogP contribution is -2.48. The van der Waals surface area contributed by atoms with Gasteiger partial charge in [0.05, 0.1) is 5.92 Å². The van der Waals surface area contributed by atoms with Crippen LogP contribution in [0.1, 0.15) is 18.4 Å². The average molecular weight is 286 g/mol. The first-order chi connectivity index (χ1) is 9.50. The van der Waals surface area contributed by atoms with Gasteiger partial charge < -0.3 is 5.73 Å². The fourth-order valence-corrected chi connectivity index (χ4v) is 2.84. The van der Waals surface area contributed by atoms with Crippen molar-refractivity contribution in [1.82, 2.24) is 4.90 Å². The van der Waals surface area contributed by atoms with Gasteiger partial charge >= 0.3 is 6.18 Å². The predicted molar refractivity (Wildman–Crippen MR) is 73.3 cm³/mol. The lowest BCUT2D eigenvalue weighted by Gasteiger charge is -2.37. The van der Waals surface area contributed by atoms with Crippen molar-refractivity contribution in [3.63, 3.8) is 0 Å². The fourth-order valence-electron chi connectivity index (χ4n) is 2.84. The van der Waals surface area contributed by atoms with E-state index in [9.17, 15) is 13.2 Å². The molecule has 1 saturated heterocycles. The Morgan fingerprint density at radius 3 is 2.25 bits per heavy atom. The van der Waals surface area contributed by atoms with Crippen molar-refractivity contribution in [2.45, 2.75) is 31.5 Å². The lowest BCUT2D eigenvalue weighted by atomic mass is 9.94. The smallest absolute Gasteiger partial charge is 0.329 e. The maximum Gasteiger partial charge on any atom is 0.391 e. The maximum absolute atomic E-state index is 12.7. The van der Waals surface area contributed by atoms with Crippen LogP contribution in [0.3, 0.4) is 0 Å². The summed E-state index contributed by atoms with van der Waals surface area (Å²) in [6, 6.07) is 10.1. The van der Waals surface area contributed by atoms with Crippen LogP contribution in [0.5, 0.6) is 0 Å². The Morgan fingerprint density at radius 2 is 1.75 bits per heavy atom. The lowest BCUT2D eigenvalue weighted by molar-refractivity contribution is -0.186. The number of halogens is 3. The van der Waals surface area contributed by atoms with E-state index in [0.717, 1.165) is 6.42 Å². The first kappa shape index (κ1) is 15.3. The van der Waals surface area contributed by atoms with Crippen molar-refractivity contribution in [3.05, 3.63) is 35.9 Å². The second-order valence-corrected chi connectivity index (χ2v) is 5.43. The van der Waals surface area contributed by atoms with Gasteiger partial charge in [-0.2, -0.15) is 13.2 Å². The van der Waals surface area contributed by atoms with Gasteiger partial charge in [-0.25, -0.2) is 0 Å². The van der Waals surface area contributed by atoms with Crippen molar-refractivity contribution in [2.75, 3.05) is 19.6 Å². The highest BCUT2D eigenvalue weighted by Gasteiger charge is 2.41. The van der Waals surface area contributed by atoms with Gasteiger partial charge in [-0.05, 0) is 37.9 Å². The van der Waals surface area contributed by atoms with E-state index in [4.69, 9.17) is 5.73 Å². The Morgan fingerprint density at radius 1 is 1.15 bits per heavy atom. The molecule has 1 atom stereocenters. The van der Waals surface area contributed by atoms with Crippen molar-refractivity contribution in [3.8, 4) is 0 Å². The average Bonchev–Trinajstić information content (AvgIpc) is 2.45. The van der Waals surface area contributed by atoms with Gasteiger partial charge in [-0.3, -0.25) is 4.90 Å². The van der Waals surface area contributed by atoms with Crippen LogP contribution in [0.4, 0.5) is 13.2 Å². The van der Waals surface area contributed by atoms with Crippen molar-refractivity contribution in [1.29, 1.82) is 0 Å². The Labute approximate surface area is 117 Å². The number of nitrogens with two attached hydrogens (primary N) is 1. The van der Waals surface area contributed by atoms with Crippen LogP contribution in [-0.2, 0) is 6.42 Å². The number of hydrogen-bond acceptors (Lipinski definition) is 2. The van der Waals surface area contributed by atoms with E-state index in [2.05, 4.69) is 4.90 Å². The van der Waals surface area contributed by atoms with E-state index in [-0.39, 0.29) is 18.9 Å². The van der Waals surface area contributed by atoms with Crippen LogP contribution in [0, 0.1) is 5.92 Å². The summed E-state index contributed by atoms with van der Waals surface area (Å²) in [5.74, 6) is -1.14. The second-order valence-electron chi connectivity index (χ2n) is 5.43. The zero-order chi connectivity index (χ0) is 14.6. The molecule has 0 radical (unpaired) electrons. The van der Waals surface area contributed by atoms with Crippen molar-refractivity contribution >= 4 is 0 Å². The third-order valence-corrected chi connectivity index (χ3v) is 4.10. The van der Waals surface area contributed by atoms with Crippen LogP contribution in [-0.4, -0.2) is 36.8 Å². The molecule has 1 aromatic carbocycles. The number of benzene rings is 1. The summed E-state index contributed by atoms with van der Waals surface area (Å²) in [5, 5.41) is 0. The van der Waals surface area contributed by atoms with Gasteiger partial charge in [0.1, 0.15) is 0 Å². The van der Waals surface area contributed by atoms with E-state index >= 15 is 0 Å². The van der Waals surface area contributed by atoms with Gasteiger partial charge in [-0.1, -0.05) is 30.3 Å². The van der Waals surface area contributed by atoms with Crippen LogP contribution < -0.4 is 5.73 Å². The molecule has 0 unspecified atom stereocenters. The summed E-state index contributed by atoms with van der Waals surface area (Å²) in [6.07, 6.45) is -2.87. The van der Waals surface area contributed by atoms with Crippen LogP contribution in [0.2, 0.25) is 0 Å². The molecule has 1 aromatic rings. The third kappa shape index (κ3) is 3.96. The minimum atomic E-state index is -4.05. The molecule has 112 valence electrons. The molecule has 1 fully saturated rings. The van der Waals surface area contributed by atoms with Crippen molar-refractivity contribution < 1.29 is 13.2 Å². The fraction of sp³-hybridized carbons (Fsp3) is 0.600. The molecular formula is C15H21F3N2. The predicted octanol–water partition coefficient (Wildman–Crippen LogP) is 2.83. The molecule has 2 N–H and O–H groups in total. The van der Waals surface area contributed by atoms with E-state index in [1.165, 1.54) is 5.56 Å². The molecule has 2 rings (SSSR count). The van der Waals surface area contributed by atoms with Gasteiger partial charge in [0, 0.05) is 12.6 Å². The quantitative estimate of drug-likeness (QED) is 0.922. The third-order valence-electron chi connectivity index (χ3n) is 4.10. The first-order valence-corrected chi connectivity index (χ1v) is 7.05. The normalized spacial score (nSPS) is 20.0. The summed E-state index contributed by atoms with van der Waals surface area (Å²) in [6.45, 7) is 1.45. The zero-order valence-corrected chi connectivity index (χ0v) is 11.4. The molecule has 5 heteroatoms. The Bertz CT molecular complexity index is 397. The molecule has 0 spiro atoms. The number of hydrogen-bond donors (Lipinski definition) is 1. The highest BCUT2D eigenvalue weighted by molar-refractivity contribution is 5.16. The van der Waals surface area contributed by atoms with Crippen molar-refractivity contribution in [2.24, 2.45) is 11.7 Å². The SMILES string of the molecule is NC[C@H](Cc1ccccc1)N1CCC(C(F)(F)F)CC1. The van der Waals surface area contributed by atoms with Gasteiger partial charge in [0.25, 0.3) is 0 Å². The topological polar surface area (TPSA) is 29.3 Å². The number of nitrogens with zero attached hydrogens (tertiary/aromatic N) is 1. The van der Waals surface area contributed by atoms with Gasteiger partial charge in [0.15, 0.2) is 0 Å². The van der Waals surface area contributed by atoms with E-state index in [1.54, 1.807) is 0 Å². The minimum absolute atomic E-state index is 0.131. The molecule has 1 aliphatic rings. The number of rotatable bonds is 4. The first-order valence-electron chi connectivity index (χ1n) is 7.05. The molecule has 0 aromatic heterocycles. The van der Waals surface area contributed by atoms with Crippen LogP contribution >= 0.6 is 0 Å². The monoisotopic (exact) mass is 286 g/mol. The Hall–Kier alpha value is -1.07. The summed E-state index contributed by atoms with van der Waals surface area (Å²) < 4.78 is 38.0. The molecule has 0 saturated carbocycles. The minimum Gasteiger partial charge on any atom is -0.329 e. The van der Waals surface area contributed by atoms with E-state index < -0.39 is 12.1 Å². The Kier molecular flexibility index (Phi) is 5.05. The van der Waals surface area contributed by atoms with Gasteiger partial charge in [0.2, 0.25) is 0 Å². The molecule has 2 nitrogen and oxygen atoms in total. The Balaban J connectivity index is 1.91. The second kappa shape index (κ2) is 6.59. The van der Waals surface area contributed by atoms with E-state index in [0.29, 0.717) is 19.6 Å². The van der Waals surface area contributed by atoms with E-state index in [1.807, 2.05) is 30.3 Å². The highest BCUT2D eigenvalue weighted by Crippen LogP contribution is 2.34. The molecule has 0 bridgehead atoms. The molecule has 0 amide bonds. The van der Waals surface area contributed by atoms with Gasteiger partial charge in [-0.15, -0.1) is 0 Å². The summed E-state index contributed by atoms with van der Waals surface area (Å²) in [7, 11) is 0. The summed E-state index contributed by atoms with van der Waals surface area (Å²) in [5.41, 5.74) is 6.99. The molecule has 1 aliphatic heterocycles. The molecule has 20 heavy (non-hydrogen) atoms. The van der Waals surface area contributed by atoms with Crippen LogP contribution in [0.15, 0.2) is 30.3 Å². The highest BCUT2D eigenvalue weighted by atomic mass is 19.4.